The van der Waals surface area contributed by atoms with Gasteiger partial charge in [-0.05, 0) is 43.2 Å². The third-order valence-electron chi connectivity index (χ3n) is 4.56. The van der Waals surface area contributed by atoms with Crippen LogP contribution in [0.1, 0.15) is 34.9 Å². The van der Waals surface area contributed by atoms with Crippen LogP contribution in [0.15, 0.2) is 47.2 Å². The Balaban J connectivity index is 1.50. The fourth-order valence-electron chi connectivity index (χ4n) is 3.19. The van der Waals surface area contributed by atoms with Crippen molar-refractivity contribution in [2.24, 2.45) is 0 Å². The summed E-state index contributed by atoms with van der Waals surface area (Å²) in [6.45, 7) is 0.992. The Labute approximate surface area is 153 Å². The number of carbonyl (C=O) groups excluding carboxylic acids is 1. The summed E-state index contributed by atoms with van der Waals surface area (Å²) in [6.07, 6.45) is 4.01. The maximum absolute atomic E-state index is 13.3. The molecule has 1 amide bonds. The number of pyridine rings is 1. The molecule has 1 aliphatic heterocycles. The summed E-state index contributed by atoms with van der Waals surface area (Å²) in [6, 6.07) is 6.97. The Morgan fingerprint density at radius 1 is 1.15 bits per heavy atom. The summed E-state index contributed by atoms with van der Waals surface area (Å²) < 4.78 is 31.7. The monoisotopic (exact) mass is 370 g/mol. The number of hydrogen-bond donors (Lipinski definition) is 0. The van der Waals surface area contributed by atoms with Gasteiger partial charge in [0.1, 0.15) is 11.6 Å². The van der Waals surface area contributed by atoms with Gasteiger partial charge in [0.2, 0.25) is 0 Å². The van der Waals surface area contributed by atoms with Gasteiger partial charge in [-0.1, -0.05) is 5.16 Å². The van der Waals surface area contributed by atoms with E-state index in [1.54, 1.807) is 17.0 Å². The summed E-state index contributed by atoms with van der Waals surface area (Å²) >= 11 is 0. The lowest BCUT2D eigenvalue weighted by Crippen LogP contribution is -2.39. The maximum atomic E-state index is 13.3. The van der Waals surface area contributed by atoms with E-state index in [4.69, 9.17) is 4.52 Å². The number of likely N-dealkylation sites (tertiary alicyclic amines) is 1. The second kappa shape index (κ2) is 7.22. The van der Waals surface area contributed by atoms with E-state index >= 15 is 0 Å². The Bertz CT molecular complexity index is 958. The third-order valence-corrected chi connectivity index (χ3v) is 4.56. The van der Waals surface area contributed by atoms with E-state index in [0.29, 0.717) is 30.4 Å². The van der Waals surface area contributed by atoms with Gasteiger partial charge in [0.15, 0.2) is 5.82 Å². The van der Waals surface area contributed by atoms with E-state index in [9.17, 15) is 13.6 Å². The van der Waals surface area contributed by atoms with Crippen LogP contribution in [-0.2, 0) is 0 Å². The van der Waals surface area contributed by atoms with E-state index in [0.717, 1.165) is 19.0 Å². The molecule has 1 aromatic carbocycles. The molecule has 3 heterocycles. The van der Waals surface area contributed by atoms with Gasteiger partial charge in [-0.25, -0.2) is 8.78 Å². The number of benzene rings is 1. The minimum Gasteiger partial charge on any atom is -0.338 e. The quantitative estimate of drug-likeness (QED) is 0.706. The molecule has 0 radical (unpaired) electrons. The van der Waals surface area contributed by atoms with Crippen LogP contribution in [-0.4, -0.2) is 39.0 Å². The van der Waals surface area contributed by atoms with E-state index < -0.39 is 5.82 Å². The van der Waals surface area contributed by atoms with Gasteiger partial charge >= 0.3 is 0 Å². The Morgan fingerprint density at radius 3 is 2.74 bits per heavy atom. The van der Waals surface area contributed by atoms with Crippen LogP contribution in [0.25, 0.3) is 11.5 Å². The number of nitrogens with zero attached hydrogens (tertiary/aromatic N) is 4. The lowest BCUT2D eigenvalue weighted by molar-refractivity contribution is 0.0702. The van der Waals surface area contributed by atoms with Crippen molar-refractivity contribution in [3.63, 3.8) is 0 Å². The summed E-state index contributed by atoms with van der Waals surface area (Å²) in [7, 11) is 0. The average molecular weight is 370 g/mol. The van der Waals surface area contributed by atoms with Gasteiger partial charge in [-0.2, -0.15) is 4.98 Å². The lowest BCUT2D eigenvalue weighted by Gasteiger charge is -2.31. The van der Waals surface area contributed by atoms with Gasteiger partial charge in [-0.15, -0.1) is 0 Å². The molecule has 2 aromatic heterocycles. The van der Waals surface area contributed by atoms with Crippen molar-refractivity contribution >= 4 is 5.91 Å². The molecule has 1 saturated heterocycles. The van der Waals surface area contributed by atoms with Crippen molar-refractivity contribution in [3.05, 3.63) is 65.7 Å². The molecule has 4 rings (SSSR count). The number of hydrogen-bond acceptors (Lipinski definition) is 5. The van der Waals surface area contributed by atoms with Crippen LogP contribution in [0.5, 0.6) is 0 Å². The predicted molar refractivity (Wildman–Crippen MR) is 91.8 cm³/mol. The molecule has 6 nitrogen and oxygen atoms in total. The maximum Gasteiger partial charge on any atom is 0.257 e. The highest BCUT2D eigenvalue weighted by Gasteiger charge is 2.29. The normalized spacial score (nSPS) is 17.1. The summed E-state index contributed by atoms with van der Waals surface area (Å²) in [4.78, 5) is 22.4. The minimum atomic E-state index is -0.545. The minimum absolute atomic E-state index is 0.0813. The zero-order valence-corrected chi connectivity index (χ0v) is 14.3. The Hall–Kier alpha value is -3.16. The molecule has 0 N–H and O–H groups in total. The fraction of sp³-hybridized carbons (Fsp3) is 0.263. The molecule has 27 heavy (non-hydrogen) atoms. The standard InChI is InChI=1S/C19H16F2N4O2/c20-15-5-3-12(4-6-15)18-23-17(24-27-18)13-2-1-7-25(11-13)19(26)14-8-16(21)10-22-9-14/h3-6,8-10,13H,1-2,7,11H2. The molecular formula is C19H16F2N4O2. The van der Waals surface area contributed by atoms with E-state index in [2.05, 4.69) is 15.1 Å². The molecule has 1 aliphatic rings. The summed E-state index contributed by atoms with van der Waals surface area (Å²) in [5, 5.41) is 4.03. The molecule has 0 spiro atoms. The van der Waals surface area contributed by atoms with Crippen molar-refractivity contribution in [1.82, 2.24) is 20.0 Å². The first-order valence-corrected chi connectivity index (χ1v) is 8.59. The topological polar surface area (TPSA) is 72.1 Å². The zero-order chi connectivity index (χ0) is 18.8. The Kier molecular flexibility index (Phi) is 4.62. The van der Waals surface area contributed by atoms with Crippen molar-refractivity contribution in [2.75, 3.05) is 13.1 Å². The number of halogens is 2. The van der Waals surface area contributed by atoms with E-state index in [1.165, 1.54) is 24.4 Å². The number of piperidine rings is 1. The van der Waals surface area contributed by atoms with Gasteiger partial charge in [0.05, 0.1) is 11.8 Å². The van der Waals surface area contributed by atoms with Crippen molar-refractivity contribution in [3.8, 4) is 11.5 Å². The molecule has 0 saturated carbocycles. The molecule has 0 bridgehead atoms. The molecule has 0 aliphatic carbocycles. The van der Waals surface area contributed by atoms with Crippen LogP contribution in [0.2, 0.25) is 0 Å². The SMILES string of the molecule is O=C(c1cncc(F)c1)N1CCCC(c2noc(-c3ccc(F)cc3)n2)C1. The van der Waals surface area contributed by atoms with E-state index in [-0.39, 0.29) is 23.2 Å². The molecule has 1 unspecified atom stereocenters. The summed E-state index contributed by atoms with van der Waals surface area (Å²) in [5.74, 6) is -0.425. The molecule has 1 atom stereocenters. The molecule has 138 valence electrons. The van der Waals surface area contributed by atoms with Gasteiger partial charge in [0.25, 0.3) is 11.8 Å². The average Bonchev–Trinajstić information content (AvgIpc) is 3.18. The second-order valence-corrected chi connectivity index (χ2v) is 6.45. The highest BCUT2D eigenvalue weighted by Crippen LogP contribution is 2.28. The fourth-order valence-corrected chi connectivity index (χ4v) is 3.19. The highest BCUT2D eigenvalue weighted by molar-refractivity contribution is 5.94. The van der Waals surface area contributed by atoms with Crippen LogP contribution in [0.4, 0.5) is 8.78 Å². The first kappa shape index (κ1) is 17.3. The van der Waals surface area contributed by atoms with Crippen LogP contribution in [0.3, 0.4) is 0 Å². The van der Waals surface area contributed by atoms with Crippen LogP contribution >= 0.6 is 0 Å². The first-order chi connectivity index (χ1) is 13.1. The van der Waals surface area contributed by atoms with Crippen molar-refractivity contribution in [1.29, 1.82) is 0 Å². The highest BCUT2D eigenvalue weighted by atomic mass is 19.1. The van der Waals surface area contributed by atoms with Crippen molar-refractivity contribution < 1.29 is 18.1 Å². The van der Waals surface area contributed by atoms with Gasteiger partial charge in [0, 0.05) is 30.8 Å². The van der Waals surface area contributed by atoms with Gasteiger partial charge < -0.3 is 9.42 Å². The smallest absolute Gasteiger partial charge is 0.257 e. The number of carbonyl (C=O) groups is 1. The zero-order valence-electron chi connectivity index (χ0n) is 14.3. The number of amides is 1. The van der Waals surface area contributed by atoms with Crippen LogP contribution < -0.4 is 0 Å². The number of aromatic nitrogens is 3. The second-order valence-electron chi connectivity index (χ2n) is 6.45. The number of rotatable bonds is 3. The Morgan fingerprint density at radius 2 is 1.96 bits per heavy atom. The molecule has 3 aromatic rings. The lowest BCUT2D eigenvalue weighted by atomic mass is 9.97. The van der Waals surface area contributed by atoms with E-state index in [1.807, 2.05) is 0 Å². The van der Waals surface area contributed by atoms with Gasteiger partial charge in [-0.3, -0.25) is 9.78 Å². The van der Waals surface area contributed by atoms with Crippen molar-refractivity contribution in [2.45, 2.75) is 18.8 Å². The summed E-state index contributed by atoms with van der Waals surface area (Å²) in [5.41, 5.74) is 0.848. The first-order valence-electron chi connectivity index (χ1n) is 8.59. The molecular weight excluding hydrogens is 354 g/mol. The predicted octanol–water partition coefficient (Wildman–Crippen LogP) is 3.43. The molecule has 1 fully saturated rings. The largest absolute Gasteiger partial charge is 0.338 e. The van der Waals surface area contributed by atoms with Crippen LogP contribution in [0, 0.1) is 11.6 Å². The third kappa shape index (κ3) is 3.69. The molecule has 8 heteroatoms.